The smallest absolute Gasteiger partial charge is 0.410 e. The molecule has 3 heterocycles. The van der Waals surface area contributed by atoms with Crippen molar-refractivity contribution in [2.75, 3.05) is 38.0 Å². The van der Waals surface area contributed by atoms with E-state index in [1.54, 1.807) is 0 Å². The summed E-state index contributed by atoms with van der Waals surface area (Å²) in [5.41, 5.74) is 3.24. The molecule has 0 radical (unpaired) electrons. The quantitative estimate of drug-likeness (QED) is 0.381. The minimum Gasteiger partial charge on any atom is -0.444 e. The summed E-state index contributed by atoms with van der Waals surface area (Å²) in [6.45, 7) is 14.5. The Morgan fingerprint density at radius 2 is 1.88 bits per heavy atom. The number of carbonyl (C=O) groups is 1. The van der Waals surface area contributed by atoms with Crippen LogP contribution in [-0.2, 0) is 4.74 Å². The van der Waals surface area contributed by atoms with E-state index in [2.05, 4.69) is 40.9 Å². The first-order valence-corrected chi connectivity index (χ1v) is 16.3. The molecule has 2 N–H and O–H groups in total. The minimum absolute atomic E-state index is 0.178. The Balaban J connectivity index is 1.26. The summed E-state index contributed by atoms with van der Waals surface area (Å²) in [4.78, 5) is 26.6. The third-order valence-electron chi connectivity index (χ3n) is 9.13. The van der Waals surface area contributed by atoms with Crippen molar-refractivity contribution >= 4 is 28.6 Å². The highest BCUT2D eigenvalue weighted by Crippen LogP contribution is 2.38. The van der Waals surface area contributed by atoms with Crippen LogP contribution in [0.5, 0.6) is 0 Å². The molecule has 0 spiro atoms. The molecule has 9 heteroatoms. The van der Waals surface area contributed by atoms with Crippen molar-refractivity contribution in [2.45, 2.75) is 116 Å². The molecular formula is C33H52N6O3. The number of piperazine rings is 1. The molecule has 3 aliphatic rings. The number of anilines is 1. The van der Waals surface area contributed by atoms with Gasteiger partial charge >= 0.3 is 6.09 Å². The average Bonchev–Trinajstić information content (AvgIpc) is 3.32. The number of amides is 1. The summed E-state index contributed by atoms with van der Waals surface area (Å²) in [7, 11) is 0. The van der Waals surface area contributed by atoms with Crippen LogP contribution in [0.3, 0.4) is 0 Å². The largest absolute Gasteiger partial charge is 0.444 e. The summed E-state index contributed by atoms with van der Waals surface area (Å²) in [6.07, 6.45) is 15.6. The molecule has 2 aromatic heterocycles. The average molecular weight is 581 g/mol. The number of aliphatic hydroxyl groups excluding tert-OH is 1. The van der Waals surface area contributed by atoms with Gasteiger partial charge in [-0.05, 0) is 90.6 Å². The van der Waals surface area contributed by atoms with Crippen LogP contribution < -0.4 is 5.32 Å². The number of ether oxygens (including phenoxy) is 1. The second-order valence-corrected chi connectivity index (χ2v) is 13.8. The molecule has 1 saturated carbocycles. The van der Waals surface area contributed by atoms with Crippen LogP contribution in [0.4, 0.5) is 10.7 Å². The van der Waals surface area contributed by atoms with Gasteiger partial charge < -0.3 is 24.6 Å². The van der Waals surface area contributed by atoms with Crippen molar-refractivity contribution in [3.63, 3.8) is 0 Å². The third-order valence-corrected chi connectivity index (χ3v) is 9.13. The molecular weight excluding hydrogens is 528 g/mol. The molecule has 1 unspecified atom stereocenters. The Morgan fingerprint density at radius 1 is 1.14 bits per heavy atom. The number of carbonyl (C=O) groups excluding carboxylic acids is 1. The van der Waals surface area contributed by atoms with Gasteiger partial charge in [0, 0.05) is 68.2 Å². The molecule has 2 aliphatic carbocycles. The summed E-state index contributed by atoms with van der Waals surface area (Å²) >= 11 is 0. The van der Waals surface area contributed by atoms with Crippen LogP contribution in [-0.4, -0.2) is 86.0 Å². The lowest BCUT2D eigenvalue weighted by molar-refractivity contribution is 0.0132. The first-order valence-electron chi connectivity index (χ1n) is 16.3. The Hall–Kier alpha value is -2.65. The van der Waals surface area contributed by atoms with Crippen LogP contribution >= 0.6 is 0 Å². The summed E-state index contributed by atoms with van der Waals surface area (Å²) in [6, 6.07) is 0.690. The zero-order valence-corrected chi connectivity index (χ0v) is 26.4. The Bertz CT molecular complexity index is 1230. The molecule has 5 rings (SSSR count). The molecule has 1 aliphatic heterocycles. The maximum absolute atomic E-state index is 12.4. The lowest BCUT2D eigenvalue weighted by atomic mass is 9.86. The Morgan fingerprint density at radius 3 is 2.52 bits per heavy atom. The molecule has 42 heavy (non-hydrogen) atoms. The zero-order chi connectivity index (χ0) is 29.9. The van der Waals surface area contributed by atoms with Crippen molar-refractivity contribution in [1.82, 2.24) is 24.3 Å². The first-order chi connectivity index (χ1) is 20.1. The number of rotatable bonds is 8. The lowest BCUT2D eigenvalue weighted by Crippen LogP contribution is -2.50. The fourth-order valence-corrected chi connectivity index (χ4v) is 6.80. The van der Waals surface area contributed by atoms with Crippen LogP contribution in [0.2, 0.25) is 0 Å². The second-order valence-electron chi connectivity index (χ2n) is 13.8. The van der Waals surface area contributed by atoms with E-state index in [-0.39, 0.29) is 12.2 Å². The Kier molecular flexibility index (Phi) is 9.77. The molecule has 1 saturated heterocycles. The van der Waals surface area contributed by atoms with Gasteiger partial charge in [0.25, 0.3) is 0 Å². The summed E-state index contributed by atoms with van der Waals surface area (Å²) in [5.74, 6) is 1.33. The Labute approximate surface area is 251 Å². The number of hydrogen-bond acceptors (Lipinski definition) is 7. The molecule has 1 amide bonds. The number of nitrogens with one attached hydrogen (secondary N) is 1. The van der Waals surface area contributed by atoms with Gasteiger partial charge in [-0.25, -0.2) is 9.78 Å². The predicted molar refractivity (Wildman–Crippen MR) is 169 cm³/mol. The molecule has 232 valence electrons. The predicted octanol–water partition coefficient (Wildman–Crippen LogP) is 6.24. The normalized spacial score (nSPS) is 24.9. The standard InChI is InChI=1S/C33H52N6O3/c1-6-7-23(2)35-31-34-20-28-29(22-39(30(28)36-31)26-12-14-27(40)15-13-26)25-10-8-24(9-11-25)21-37-16-18-38(19-17-37)32(41)42-33(3,4)5/h10,20,22-24,26-27,40H,6-9,11-19,21H2,1-5H3,(H,34,35,36)/t23-,24?,26?,27?/m0/s1. The maximum atomic E-state index is 12.4. The van der Waals surface area contributed by atoms with Gasteiger partial charge in [0.2, 0.25) is 5.95 Å². The highest BCUT2D eigenvalue weighted by Gasteiger charge is 2.29. The topological polar surface area (TPSA) is 95.8 Å². The fourth-order valence-electron chi connectivity index (χ4n) is 6.80. The molecule has 2 fully saturated rings. The van der Waals surface area contributed by atoms with E-state index in [0.717, 1.165) is 102 Å². The number of hydrogen-bond donors (Lipinski definition) is 2. The number of allylic oxidation sites excluding steroid dienone is 2. The number of aromatic nitrogens is 3. The SMILES string of the molecule is CCC[C@H](C)Nc1ncc2c(C3=CCC(CN4CCN(C(=O)OC(C)(C)C)CC4)CC3)cn(C3CCC(O)CC3)c2n1. The maximum Gasteiger partial charge on any atom is 0.410 e. The molecule has 2 aromatic rings. The van der Waals surface area contributed by atoms with Gasteiger partial charge in [-0.15, -0.1) is 0 Å². The lowest BCUT2D eigenvalue weighted by Gasteiger charge is -2.37. The van der Waals surface area contributed by atoms with E-state index in [9.17, 15) is 9.90 Å². The molecule has 0 aromatic carbocycles. The van der Waals surface area contributed by atoms with Gasteiger partial charge in [-0.2, -0.15) is 4.98 Å². The van der Waals surface area contributed by atoms with E-state index >= 15 is 0 Å². The van der Waals surface area contributed by atoms with E-state index < -0.39 is 5.60 Å². The van der Waals surface area contributed by atoms with Gasteiger partial charge in [0.1, 0.15) is 11.2 Å². The van der Waals surface area contributed by atoms with Crippen molar-refractivity contribution in [3.8, 4) is 0 Å². The molecule has 0 bridgehead atoms. The summed E-state index contributed by atoms with van der Waals surface area (Å²) < 4.78 is 7.94. The molecule has 9 nitrogen and oxygen atoms in total. The first kappa shape index (κ1) is 30.8. The van der Waals surface area contributed by atoms with Crippen molar-refractivity contribution in [1.29, 1.82) is 0 Å². The van der Waals surface area contributed by atoms with Gasteiger partial charge in [0.15, 0.2) is 0 Å². The van der Waals surface area contributed by atoms with Gasteiger partial charge in [-0.1, -0.05) is 19.4 Å². The van der Waals surface area contributed by atoms with Crippen LogP contribution in [0, 0.1) is 5.92 Å². The highest BCUT2D eigenvalue weighted by molar-refractivity contribution is 5.91. The van der Waals surface area contributed by atoms with Gasteiger partial charge in [0.05, 0.1) is 6.10 Å². The van der Waals surface area contributed by atoms with Crippen LogP contribution in [0.15, 0.2) is 18.5 Å². The van der Waals surface area contributed by atoms with E-state index in [1.165, 1.54) is 11.1 Å². The van der Waals surface area contributed by atoms with Crippen LogP contribution in [0.1, 0.15) is 104 Å². The fraction of sp³-hybridized carbons (Fsp3) is 0.727. The summed E-state index contributed by atoms with van der Waals surface area (Å²) in [5, 5.41) is 14.8. The van der Waals surface area contributed by atoms with Crippen molar-refractivity contribution in [3.05, 3.63) is 24.0 Å². The van der Waals surface area contributed by atoms with E-state index in [0.29, 0.717) is 23.9 Å². The van der Waals surface area contributed by atoms with Gasteiger partial charge in [-0.3, -0.25) is 4.90 Å². The zero-order valence-electron chi connectivity index (χ0n) is 26.4. The second kappa shape index (κ2) is 13.3. The highest BCUT2D eigenvalue weighted by atomic mass is 16.6. The van der Waals surface area contributed by atoms with Crippen molar-refractivity contribution < 1.29 is 14.6 Å². The number of aliphatic hydroxyl groups is 1. The number of fused-ring (bicyclic) bond motifs is 1. The van der Waals surface area contributed by atoms with E-state index in [1.807, 2.05) is 31.9 Å². The molecule has 2 atom stereocenters. The number of nitrogens with zero attached hydrogens (tertiary/aromatic N) is 5. The third kappa shape index (κ3) is 7.64. The van der Waals surface area contributed by atoms with E-state index in [4.69, 9.17) is 14.7 Å². The monoisotopic (exact) mass is 580 g/mol. The van der Waals surface area contributed by atoms with Crippen LogP contribution in [0.25, 0.3) is 16.6 Å². The van der Waals surface area contributed by atoms with Crippen molar-refractivity contribution in [2.24, 2.45) is 5.92 Å². The minimum atomic E-state index is -0.454.